The van der Waals surface area contributed by atoms with Crippen LogP contribution in [0.3, 0.4) is 0 Å². The number of carboxylic acids is 1. The largest absolute Gasteiger partial charge is 0.478 e. The molecule has 0 saturated heterocycles. The molecule has 1 aromatic rings. The van der Waals surface area contributed by atoms with Crippen LogP contribution < -0.4 is 0 Å². The zero-order chi connectivity index (χ0) is 10.0. The fourth-order valence-corrected chi connectivity index (χ4v) is 1.58. The summed E-state index contributed by atoms with van der Waals surface area (Å²) in [5.74, 6) is -0.639. The fourth-order valence-electron chi connectivity index (χ4n) is 1.21. The van der Waals surface area contributed by atoms with Gasteiger partial charge >= 0.3 is 5.97 Å². The van der Waals surface area contributed by atoms with E-state index < -0.39 is 5.97 Å². The summed E-state index contributed by atoms with van der Waals surface area (Å²) in [6.45, 7) is 3.96. The number of benzene rings is 1. The predicted octanol–water partition coefficient (Wildman–Crippen LogP) is 3.27. The number of halogens is 1. The summed E-state index contributed by atoms with van der Waals surface area (Å²) in [7, 11) is 0. The van der Waals surface area contributed by atoms with Gasteiger partial charge in [-0.25, -0.2) is 4.79 Å². The molecule has 0 fully saturated rings. The molecular formula is C10H11BrO2. The Morgan fingerprint density at radius 1 is 1.46 bits per heavy atom. The lowest BCUT2D eigenvalue weighted by Gasteiger charge is -2.09. The minimum absolute atomic E-state index is 0.226. The second-order valence-corrected chi connectivity index (χ2v) is 4.11. The van der Waals surface area contributed by atoms with Gasteiger partial charge < -0.3 is 5.11 Å². The summed E-state index contributed by atoms with van der Waals surface area (Å²) in [6, 6.07) is 5.23. The molecule has 1 aromatic carbocycles. The Morgan fingerprint density at radius 3 is 2.54 bits per heavy atom. The van der Waals surface area contributed by atoms with Crippen molar-refractivity contribution in [2.45, 2.75) is 19.8 Å². The van der Waals surface area contributed by atoms with Gasteiger partial charge in [0, 0.05) is 4.47 Å². The first-order valence-electron chi connectivity index (χ1n) is 4.05. The molecule has 0 aliphatic heterocycles. The van der Waals surface area contributed by atoms with Gasteiger partial charge in [0.05, 0.1) is 5.56 Å². The third kappa shape index (κ3) is 2.31. The third-order valence-electron chi connectivity index (χ3n) is 1.87. The summed E-state index contributed by atoms with van der Waals surface area (Å²) >= 11 is 3.32. The van der Waals surface area contributed by atoms with Crippen molar-refractivity contribution in [3.8, 4) is 0 Å². The lowest BCUT2D eigenvalue weighted by molar-refractivity contribution is 0.0695. The second kappa shape index (κ2) is 3.92. The van der Waals surface area contributed by atoms with Crippen LogP contribution in [-0.2, 0) is 0 Å². The monoisotopic (exact) mass is 242 g/mol. The molecule has 2 nitrogen and oxygen atoms in total. The van der Waals surface area contributed by atoms with E-state index in [1.165, 1.54) is 0 Å². The highest BCUT2D eigenvalue weighted by Gasteiger charge is 2.12. The standard InChI is InChI=1S/C10H11BrO2/c1-6(2)9-5-7(11)3-4-8(9)10(12)13/h3-6H,1-2H3,(H,12,13). The number of carboxylic acid groups (broad SMARTS) is 1. The fraction of sp³-hybridized carbons (Fsp3) is 0.300. The van der Waals surface area contributed by atoms with Crippen molar-refractivity contribution in [1.82, 2.24) is 0 Å². The molecule has 0 heterocycles. The van der Waals surface area contributed by atoms with E-state index >= 15 is 0 Å². The minimum Gasteiger partial charge on any atom is -0.478 e. The van der Waals surface area contributed by atoms with Gasteiger partial charge in [-0.05, 0) is 29.7 Å². The quantitative estimate of drug-likeness (QED) is 0.865. The van der Waals surface area contributed by atoms with Gasteiger partial charge in [0.1, 0.15) is 0 Å². The summed E-state index contributed by atoms with van der Waals surface area (Å²) in [5, 5.41) is 8.89. The molecule has 0 aliphatic rings. The van der Waals surface area contributed by atoms with E-state index in [2.05, 4.69) is 15.9 Å². The van der Waals surface area contributed by atoms with Crippen LogP contribution in [0.5, 0.6) is 0 Å². The second-order valence-electron chi connectivity index (χ2n) is 3.19. The topological polar surface area (TPSA) is 37.3 Å². The Bertz CT molecular complexity index is 332. The maximum absolute atomic E-state index is 10.8. The van der Waals surface area contributed by atoms with Crippen LogP contribution in [-0.4, -0.2) is 11.1 Å². The zero-order valence-corrected chi connectivity index (χ0v) is 9.13. The normalized spacial score (nSPS) is 10.5. The van der Waals surface area contributed by atoms with Crippen LogP contribution in [0.2, 0.25) is 0 Å². The number of hydrogen-bond donors (Lipinski definition) is 1. The van der Waals surface area contributed by atoms with Gasteiger partial charge in [-0.1, -0.05) is 29.8 Å². The first kappa shape index (κ1) is 10.3. The smallest absolute Gasteiger partial charge is 0.335 e. The highest BCUT2D eigenvalue weighted by Crippen LogP contribution is 2.23. The maximum Gasteiger partial charge on any atom is 0.335 e. The van der Waals surface area contributed by atoms with E-state index in [9.17, 15) is 4.79 Å². The lowest BCUT2D eigenvalue weighted by Crippen LogP contribution is -2.03. The summed E-state index contributed by atoms with van der Waals surface area (Å²) < 4.78 is 0.918. The van der Waals surface area contributed by atoms with Crippen LogP contribution in [0.4, 0.5) is 0 Å². The van der Waals surface area contributed by atoms with Crippen molar-refractivity contribution in [2.24, 2.45) is 0 Å². The van der Waals surface area contributed by atoms with E-state index in [0.717, 1.165) is 10.0 Å². The van der Waals surface area contributed by atoms with E-state index in [1.807, 2.05) is 19.9 Å². The average Bonchev–Trinajstić information content (AvgIpc) is 2.03. The Balaban J connectivity index is 3.26. The average molecular weight is 243 g/mol. The van der Waals surface area contributed by atoms with E-state index in [4.69, 9.17) is 5.11 Å². The Hall–Kier alpha value is -0.830. The molecule has 0 amide bonds. The van der Waals surface area contributed by atoms with Gasteiger partial charge in [0.15, 0.2) is 0 Å². The Kier molecular flexibility index (Phi) is 3.09. The summed E-state index contributed by atoms with van der Waals surface area (Å²) in [6.07, 6.45) is 0. The molecule has 70 valence electrons. The molecule has 0 unspecified atom stereocenters. The van der Waals surface area contributed by atoms with Gasteiger partial charge in [0.25, 0.3) is 0 Å². The molecule has 0 radical (unpaired) electrons. The van der Waals surface area contributed by atoms with Gasteiger partial charge in [-0.3, -0.25) is 0 Å². The molecule has 1 N–H and O–H groups in total. The van der Waals surface area contributed by atoms with Gasteiger partial charge in [-0.15, -0.1) is 0 Å². The first-order chi connectivity index (χ1) is 6.02. The molecule has 13 heavy (non-hydrogen) atoms. The minimum atomic E-state index is -0.865. The van der Waals surface area contributed by atoms with Crippen molar-refractivity contribution in [3.05, 3.63) is 33.8 Å². The molecule has 0 aliphatic carbocycles. The van der Waals surface area contributed by atoms with Crippen LogP contribution in [0.1, 0.15) is 35.7 Å². The predicted molar refractivity (Wildman–Crippen MR) is 55.2 cm³/mol. The van der Waals surface area contributed by atoms with Crippen LogP contribution in [0.25, 0.3) is 0 Å². The Labute approximate surface area is 85.7 Å². The molecule has 3 heteroatoms. The van der Waals surface area contributed by atoms with Crippen molar-refractivity contribution in [1.29, 1.82) is 0 Å². The molecule has 0 spiro atoms. The maximum atomic E-state index is 10.8. The van der Waals surface area contributed by atoms with Crippen molar-refractivity contribution in [3.63, 3.8) is 0 Å². The van der Waals surface area contributed by atoms with Crippen LogP contribution in [0.15, 0.2) is 22.7 Å². The van der Waals surface area contributed by atoms with Gasteiger partial charge in [0.2, 0.25) is 0 Å². The van der Waals surface area contributed by atoms with Crippen molar-refractivity contribution in [2.75, 3.05) is 0 Å². The number of carbonyl (C=O) groups is 1. The van der Waals surface area contributed by atoms with Crippen LogP contribution >= 0.6 is 15.9 Å². The SMILES string of the molecule is CC(C)c1cc(Br)ccc1C(=O)O. The van der Waals surface area contributed by atoms with E-state index in [0.29, 0.717) is 5.56 Å². The van der Waals surface area contributed by atoms with E-state index in [-0.39, 0.29) is 5.92 Å². The number of aromatic carboxylic acids is 1. The van der Waals surface area contributed by atoms with Gasteiger partial charge in [-0.2, -0.15) is 0 Å². The molecule has 0 atom stereocenters. The van der Waals surface area contributed by atoms with Crippen LogP contribution in [0, 0.1) is 0 Å². The molecule has 0 bridgehead atoms. The number of hydrogen-bond acceptors (Lipinski definition) is 1. The summed E-state index contributed by atoms with van der Waals surface area (Å²) in [5.41, 5.74) is 1.25. The Morgan fingerprint density at radius 2 is 2.08 bits per heavy atom. The van der Waals surface area contributed by atoms with Crippen molar-refractivity contribution >= 4 is 21.9 Å². The molecule has 0 saturated carbocycles. The first-order valence-corrected chi connectivity index (χ1v) is 4.84. The zero-order valence-electron chi connectivity index (χ0n) is 7.54. The molecule has 0 aromatic heterocycles. The molecular weight excluding hydrogens is 232 g/mol. The molecule has 1 rings (SSSR count). The highest BCUT2D eigenvalue weighted by molar-refractivity contribution is 9.10. The number of rotatable bonds is 2. The summed E-state index contributed by atoms with van der Waals surface area (Å²) in [4.78, 5) is 10.8. The lowest BCUT2D eigenvalue weighted by atomic mass is 9.97. The third-order valence-corrected chi connectivity index (χ3v) is 2.36. The van der Waals surface area contributed by atoms with Crippen molar-refractivity contribution < 1.29 is 9.90 Å². The highest BCUT2D eigenvalue weighted by atomic mass is 79.9. The van der Waals surface area contributed by atoms with E-state index in [1.54, 1.807) is 12.1 Å².